The number of amides is 1. The minimum absolute atomic E-state index is 0.160. The molecule has 0 atom stereocenters. The van der Waals surface area contributed by atoms with Crippen LogP contribution in [-0.2, 0) is 0 Å². The summed E-state index contributed by atoms with van der Waals surface area (Å²) in [5.41, 5.74) is 8.32. The summed E-state index contributed by atoms with van der Waals surface area (Å²) < 4.78 is 0. The van der Waals surface area contributed by atoms with Crippen LogP contribution in [0.4, 0.5) is 5.69 Å². The van der Waals surface area contributed by atoms with Crippen LogP contribution in [0.5, 0.6) is 0 Å². The third kappa shape index (κ3) is 3.99. The molecule has 1 aliphatic rings. The maximum atomic E-state index is 13.0. The van der Waals surface area contributed by atoms with E-state index >= 15 is 0 Å². The van der Waals surface area contributed by atoms with Gasteiger partial charge in [-0.1, -0.05) is 32.8 Å². The second-order valence-electron chi connectivity index (χ2n) is 6.69. The third-order valence-corrected chi connectivity index (χ3v) is 4.47. The molecule has 0 saturated heterocycles. The van der Waals surface area contributed by atoms with Crippen molar-refractivity contribution in [2.75, 3.05) is 12.3 Å². The Morgan fingerprint density at radius 3 is 2.62 bits per heavy atom. The van der Waals surface area contributed by atoms with E-state index in [2.05, 4.69) is 18.7 Å². The number of nitrogens with zero attached hydrogens (tertiary/aromatic N) is 1. The van der Waals surface area contributed by atoms with Gasteiger partial charge in [-0.3, -0.25) is 4.79 Å². The van der Waals surface area contributed by atoms with Crippen molar-refractivity contribution in [1.29, 1.82) is 0 Å². The molecular formula is C18H28N2O. The van der Waals surface area contributed by atoms with E-state index in [0.29, 0.717) is 17.6 Å². The van der Waals surface area contributed by atoms with Gasteiger partial charge < -0.3 is 10.6 Å². The lowest BCUT2D eigenvalue weighted by Gasteiger charge is -2.30. The van der Waals surface area contributed by atoms with Crippen molar-refractivity contribution in [3.05, 3.63) is 29.3 Å². The fraction of sp³-hybridized carbons (Fsp3) is 0.611. The van der Waals surface area contributed by atoms with E-state index in [4.69, 9.17) is 5.73 Å². The molecule has 1 aromatic rings. The topological polar surface area (TPSA) is 46.3 Å². The fourth-order valence-electron chi connectivity index (χ4n) is 3.09. The molecule has 0 aliphatic heterocycles. The Morgan fingerprint density at radius 1 is 1.33 bits per heavy atom. The van der Waals surface area contributed by atoms with Crippen molar-refractivity contribution < 1.29 is 4.79 Å². The van der Waals surface area contributed by atoms with Crippen LogP contribution in [-0.4, -0.2) is 23.4 Å². The molecule has 1 aromatic carbocycles. The Balaban J connectivity index is 2.21. The van der Waals surface area contributed by atoms with Crippen molar-refractivity contribution in [2.24, 2.45) is 5.92 Å². The third-order valence-electron chi connectivity index (χ3n) is 4.47. The summed E-state index contributed by atoms with van der Waals surface area (Å²) in [7, 11) is 0. The van der Waals surface area contributed by atoms with Crippen molar-refractivity contribution in [3.8, 4) is 0 Å². The molecule has 0 bridgehead atoms. The molecule has 3 nitrogen and oxygen atoms in total. The zero-order chi connectivity index (χ0) is 15.4. The molecule has 21 heavy (non-hydrogen) atoms. The monoisotopic (exact) mass is 288 g/mol. The Hall–Kier alpha value is -1.51. The summed E-state index contributed by atoms with van der Waals surface area (Å²) in [5, 5.41) is 0. The highest BCUT2D eigenvalue weighted by Crippen LogP contribution is 2.27. The van der Waals surface area contributed by atoms with Crippen LogP contribution in [0.2, 0.25) is 0 Å². The van der Waals surface area contributed by atoms with E-state index in [1.165, 1.54) is 12.8 Å². The molecule has 1 amide bonds. The first-order chi connectivity index (χ1) is 9.99. The van der Waals surface area contributed by atoms with Gasteiger partial charge in [0, 0.05) is 23.8 Å². The molecule has 3 heteroatoms. The van der Waals surface area contributed by atoms with Crippen LogP contribution in [0.1, 0.15) is 61.9 Å². The van der Waals surface area contributed by atoms with Gasteiger partial charge in [0.05, 0.1) is 0 Å². The highest BCUT2D eigenvalue weighted by Gasteiger charge is 2.28. The van der Waals surface area contributed by atoms with Crippen LogP contribution >= 0.6 is 0 Å². The van der Waals surface area contributed by atoms with Gasteiger partial charge in [0.1, 0.15) is 0 Å². The first kappa shape index (κ1) is 15.9. The average molecular weight is 288 g/mol. The summed E-state index contributed by atoms with van der Waals surface area (Å²) >= 11 is 0. The van der Waals surface area contributed by atoms with Gasteiger partial charge in [0.25, 0.3) is 5.91 Å². The van der Waals surface area contributed by atoms with Gasteiger partial charge >= 0.3 is 0 Å². The number of nitrogens with two attached hydrogens (primary N) is 1. The molecular weight excluding hydrogens is 260 g/mol. The van der Waals surface area contributed by atoms with E-state index in [-0.39, 0.29) is 5.91 Å². The molecule has 0 radical (unpaired) electrons. The second kappa shape index (κ2) is 6.97. The molecule has 116 valence electrons. The highest BCUT2D eigenvalue weighted by atomic mass is 16.2. The Morgan fingerprint density at radius 2 is 2.00 bits per heavy atom. The first-order valence-corrected chi connectivity index (χ1v) is 8.16. The molecule has 0 heterocycles. The molecule has 2 N–H and O–H groups in total. The van der Waals surface area contributed by atoms with Crippen LogP contribution in [0.15, 0.2) is 18.2 Å². The Bertz CT molecular complexity index is 490. The fourth-order valence-corrected chi connectivity index (χ4v) is 3.09. The number of hydrogen-bond acceptors (Lipinski definition) is 2. The van der Waals surface area contributed by atoms with Gasteiger partial charge in [0.15, 0.2) is 0 Å². The summed E-state index contributed by atoms with van der Waals surface area (Å²) in [5.74, 6) is 0.774. The number of carbonyl (C=O) groups excluding carboxylic acids is 1. The Labute approximate surface area is 128 Å². The maximum absolute atomic E-state index is 13.0. The number of nitrogen functional groups attached to an aromatic ring is 1. The van der Waals surface area contributed by atoms with E-state index in [9.17, 15) is 4.79 Å². The molecule has 0 unspecified atom stereocenters. The first-order valence-electron chi connectivity index (χ1n) is 8.16. The van der Waals surface area contributed by atoms with Gasteiger partial charge in [-0.2, -0.15) is 0 Å². The lowest BCUT2D eigenvalue weighted by molar-refractivity contribution is 0.0671. The largest absolute Gasteiger partial charge is 0.399 e. The molecule has 2 rings (SSSR count). The van der Waals surface area contributed by atoms with Crippen LogP contribution in [0, 0.1) is 12.8 Å². The minimum atomic E-state index is 0.160. The van der Waals surface area contributed by atoms with Gasteiger partial charge in [0.2, 0.25) is 0 Å². The van der Waals surface area contributed by atoms with E-state index < -0.39 is 0 Å². The lowest BCUT2D eigenvalue weighted by Crippen LogP contribution is -2.40. The van der Waals surface area contributed by atoms with Crippen molar-refractivity contribution in [1.82, 2.24) is 4.90 Å². The smallest absolute Gasteiger partial charge is 0.254 e. The average Bonchev–Trinajstić information content (AvgIpc) is 2.95. The SMILES string of the molecule is Cc1ccc(N)cc1C(=O)N(CCC(C)C)C1CCCC1. The standard InChI is InChI=1S/C18H28N2O/c1-13(2)10-11-20(16-6-4-5-7-16)18(21)17-12-15(19)9-8-14(17)3/h8-9,12-13,16H,4-7,10-11,19H2,1-3H3. The maximum Gasteiger partial charge on any atom is 0.254 e. The number of aryl methyl sites for hydroxylation is 1. The molecule has 0 spiro atoms. The van der Waals surface area contributed by atoms with Crippen LogP contribution in [0.25, 0.3) is 0 Å². The highest BCUT2D eigenvalue weighted by molar-refractivity contribution is 5.96. The number of anilines is 1. The van der Waals surface area contributed by atoms with Gasteiger partial charge in [-0.05, 0) is 49.8 Å². The predicted molar refractivity (Wildman–Crippen MR) is 88.3 cm³/mol. The van der Waals surface area contributed by atoms with E-state index in [1.807, 2.05) is 25.1 Å². The quantitative estimate of drug-likeness (QED) is 0.832. The van der Waals surface area contributed by atoms with Crippen molar-refractivity contribution in [2.45, 2.75) is 58.9 Å². The predicted octanol–water partition coefficient (Wildman–Crippen LogP) is 4.01. The minimum Gasteiger partial charge on any atom is -0.399 e. The zero-order valence-corrected chi connectivity index (χ0v) is 13.6. The number of carbonyl (C=O) groups is 1. The summed E-state index contributed by atoms with van der Waals surface area (Å²) in [6.07, 6.45) is 5.83. The summed E-state index contributed by atoms with van der Waals surface area (Å²) in [6.45, 7) is 7.27. The molecule has 1 saturated carbocycles. The number of benzene rings is 1. The molecule has 1 aliphatic carbocycles. The van der Waals surface area contributed by atoms with Gasteiger partial charge in [-0.25, -0.2) is 0 Å². The van der Waals surface area contributed by atoms with E-state index in [1.54, 1.807) is 0 Å². The van der Waals surface area contributed by atoms with E-state index in [0.717, 1.165) is 36.9 Å². The van der Waals surface area contributed by atoms with Crippen LogP contribution < -0.4 is 5.73 Å². The number of rotatable bonds is 5. The zero-order valence-electron chi connectivity index (χ0n) is 13.6. The molecule has 0 aromatic heterocycles. The number of hydrogen-bond donors (Lipinski definition) is 1. The summed E-state index contributed by atoms with van der Waals surface area (Å²) in [6, 6.07) is 6.05. The summed E-state index contributed by atoms with van der Waals surface area (Å²) in [4.78, 5) is 15.1. The second-order valence-corrected chi connectivity index (χ2v) is 6.69. The normalized spacial score (nSPS) is 15.6. The Kier molecular flexibility index (Phi) is 5.27. The van der Waals surface area contributed by atoms with Gasteiger partial charge in [-0.15, -0.1) is 0 Å². The lowest BCUT2D eigenvalue weighted by atomic mass is 10.0. The van der Waals surface area contributed by atoms with Crippen molar-refractivity contribution >= 4 is 11.6 Å². The molecule has 1 fully saturated rings. The van der Waals surface area contributed by atoms with Crippen LogP contribution in [0.3, 0.4) is 0 Å². The van der Waals surface area contributed by atoms with Crippen molar-refractivity contribution in [3.63, 3.8) is 0 Å².